The molecule has 0 aromatic heterocycles. The van der Waals surface area contributed by atoms with Crippen LogP contribution in [0.1, 0.15) is 52.4 Å². The van der Waals surface area contributed by atoms with Crippen molar-refractivity contribution in [2.24, 2.45) is 11.8 Å². The molecule has 19 heavy (non-hydrogen) atoms. The molecular formula is C16H29NO2. The largest absolute Gasteiger partial charge is 0.391 e. The van der Waals surface area contributed by atoms with E-state index in [1.807, 2.05) is 0 Å². The minimum atomic E-state index is -0.116. The van der Waals surface area contributed by atoms with Crippen molar-refractivity contribution in [2.45, 2.75) is 76.7 Å². The Balaban J connectivity index is 1.71. The molecule has 3 aliphatic rings. The zero-order valence-electron chi connectivity index (χ0n) is 12.4. The third kappa shape index (κ3) is 2.70. The molecule has 1 N–H and O–H groups in total. The zero-order chi connectivity index (χ0) is 13.4. The maximum atomic E-state index is 10.5. The van der Waals surface area contributed by atoms with Crippen molar-refractivity contribution in [1.29, 1.82) is 0 Å². The van der Waals surface area contributed by atoms with Gasteiger partial charge in [0.25, 0.3) is 0 Å². The van der Waals surface area contributed by atoms with E-state index in [1.54, 1.807) is 0 Å². The highest BCUT2D eigenvalue weighted by molar-refractivity contribution is 4.96. The van der Waals surface area contributed by atoms with Gasteiger partial charge in [0, 0.05) is 18.6 Å². The highest BCUT2D eigenvalue weighted by Crippen LogP contribution is 2.38. The van der Waals surface area contributed by atoms with E-state index in [-0.39, 0.29) is 6.10 Å². The summed E-state index contributed by atoms with van der Waals surface area (Å²) in [5.74, 6) is 1.53. The van der Waals surface area contributed by atoms with Crippen molar-refractivity contribution in [3.05, 3.63) is 0 Å². The lowest BCUT2D eigenvalue weighted by molar-refractivity contribution is -0.106. The van der Waals surface area contributed by atoms with Crippen LogP contribution in [0.3, 0.4) is 0 Å². The minimum absolute atomic E-state index is 0.116. The summed E-state index contributed by atoms with van der Waals surface area (Å²) in [6.07, 6.45) is 7.48. The summed E-state index contributed by atoms with van der Waals surface area (Å²) in [5, 5.41) is 10.5. The second-order valence-electron chi connectivity index (χ2n) is 7.10. The Kier molecular flexibility index (Phi) is 4.16. The monoisotopic (exact) mass is 267 g/mol. The Morgan fingerprint density at radius 3 is 2.74 bits per heavy atom. The molecule has 2 aliphatic carbocycles. The topological polar surface area (TPSA) is 32.7 Å². The molecule has 0 radical (unpaired) electrons. The highest BCUT2D eigenvalue weighted by Gasteiger charge is 2.43. The van der Waals surface area contributed by atoms with E-state index in [1.165, 1.54) is 32.1 Å². The van der Waals surface area contributed by atoms with E-state index < -0.39 is 0 Å². The Bertz CT molecular complexity index is 307. The first kappa shape index (κ1) is 13.8. The number of aliphatic hydroxyl groups excluding tert-OH is 1. The molecule has 3 heteroatoms. The minimum Gasteiger partial charge on any atom is -0.391 e. The molecule has 3 rings (SSSR count). The summed E-state index contributed by atoms with van der Waals surface area (Å²) >= 11 is 0. The first-order valence-electron chi connectivity index (χ1n) is 8.22. The van der Waals surface area contributed by atoms with E-state index in [2.05, 4.69) is 18.7 Å². The van der Waals surface area contributed by atoms with Crippen molar-refractivity contribution in [3.8, 4) is 0 Å². The van der Waals surface area contributed by atoms with Crippen LogP contribution in [-0.4, -0.2) is 47.4 Å². The van der Waals surface area contributed by atoms with Crippen LogP contribution in [0.25, 0.3) is 0 Å². The molecule has 1 aliphatic heterocycles. The quantitative estimate of drug-likeness (QED) is 0.834. The van der Waals surface area contributed by atoms with Gasteiger partial charge < -0.3 is 9.84 Å². The van der Waals surface area contributed by atoms with E-state index in [9.17, 15) is 5.11 Å². The van der Waals surface area contributed by atoms with E-state index in [0.29, 0.717) is 18.2 Å². The van der Waals surface area contributed by atoms with E-state index in [4.69, 9.17) is 4.74 Å². The van der Waals surface area contributed by atoms with Gasteiger partial charge in [0.2, 0.25) is 0 Å². The summed E-state index contributed by atoms with van der Waals surface area (Å²) in [7, 11) is 0. The number of nitrogens with zero attached hydrogens (tertiary/aromatic N) is 1. The molecule has 0 bridgehead atoms. The smallest absolute Gasteiger partial charge is 0.0731 e. The van der Waals surface area contributed by atoms with Crippen molar-refractivity contribution >= 4 is 0 Å². The van der Waals surface area contributed by atoms with Gasteiger partial charge in [0.1, 0.15) is 0 Å². The lowest BCUT2D eigenvalue weighted by Gasteiger charge is -2.47. The third-order valence-electron chi connectivity index (χ3n) is 5.72. The summed E-state index contributed by atoms with van der Waals surface area (Å²) in [6.45, 7) is 6.54. The molecule has 0 amide bonds. The molecular weight excluding hydrogens is 238 g/mol. The number of hydrogen-bond donors (Lipinski definition) is 1. The fourth-order valence-electron chi connectivity index (χ4n) is 4.49. The van der Waals surface area contributed by atoms with Crippen LogP contribution < -0.4 is 0 Å². The van der Waals surface area contributed by atoms with Crippen molar-refractivity contribution in [1.82, 2.24) is 4.90 Å². The molecule has 3 fully saturated rings. The average Bonchev–Trinajstić information content (AvgIpc) is 2.87. The maximum absolute atomic E-state index is 10.5. The van der Waals surface area contributed by atoms with Crippen LogP contribution >= 0.6 is 0 Å². The summed E-state index contributed by atoms with van der Waals surface area (Å²) in [4.78, 5) is 2.61. The molecule has 0 spiro atoms. The highest BCUT2D eigenvalue weighted by atomic mass is 16.5. The Labute approximate surface area is 117 Å². The molecule has 2 saturated carbocycles. The Morgan fingerprint density at radius 1 is 1.11 bits per heavy atom. The predicted octanol–water partition coefficient (Wildman–Crippen LogP) is 2.43. The average molecular weight is 267 g/mol. The van der Waals surface area contributed by atoms with Gasteiger partial charge in [-0.2, -0.15) is 0 Å². The SMILES string of the molecule is CC(C)C1CCC(O)C(N2CCOC3CCCC32)C1. The number of ether oxygens (including phenoxy) is 1. The second-order valence-corrected chi connectivity index (χ2v) is 7.10. The van der Waals surface area contributed by atoms with Crippen molar-refractivity contribution < 1.29 is 9.84 Å². The van der Waals surface area contributed by atoms with Crippen LogP contribution in [0, 0.1) is 11.8 Å². The lowest BCUT2D eigenvalue weighted by atomic mass is 9.77. The molecule has 0 aromatic carbocycles. The van der Waals surface area contributed by atoms with Gasteiger partial charge in [-0.3, -0.25) is 4.90 Å². The molecule has 5 unspecified atom stereocenters. The first-order chi connectivity index (χ1) is 9.16. The molecule has 110 valence electrons. The van der Waals surface area contributed by atoms with Gasteiger partial charge in [0.15, 0.2) is 0 Å². The molecule has 1 saturated heterocycles. The fourth-order valence-corrected chi connectivity index (χ4v) is 4.49. The second kappa shape index (κ2) is 5.71. The number of morpholine rings is 1. The van der Waals surface area contributed by atoms with Crippen LogP contribution in [0.4, 0.5) is 0 Å². The fraction of sp³-hybridized carbons (Fsp3) is 1.00. The number of aliphatic hydroxyl groups is 1. The molecule has 5 atom stereocenters. The van der Waals surface area contributed by atoms with Gasteiger partial charge in [-0.25, -0.2) is 0 Å². The maximum Gasteiger partial charge on any atom is 0.0731 e. The Morgan fingerprint density at radius 2 is 1.95 bits per heavy atom. The van der Waals surface area contributed by atoms with Gasteiger partial charge >= 0.3 is 0 Å². The number of rotatable bonds is 2. The molecule has 3 nitrogen and oxygen atoms in total. The van der Waals surface area contributed by atoms with Gasteiger partial charge in [-0.1, -0.05) is 13.8 Å². The standard InChI is InChI=1S/C16H29NO2/c1-11(2)12-6-7-15(18)14(10-12)17-8-9-19-16-5-3-4-13(16)17/h11-16,18H,3-10H2,1-2H3. The number of fused-ring (bicyclic) bond motifs is 1. The van der Waals surface area contributed by atoms with E-state index >= 15 is 0 Å². The molecule has 0 aromatic rings. The molecule has 1 heterocycles. The summed E-state index contributed by atoms with van der Waals surface area (Å²) in [5.41, 5.74) is 0. The predicted molar refractivity (Wildman–Crippen MR) is 76.1 cm³/mol. The van der Waals surface area contributed by atoms with Crippen LogP contribution in [0.15, 0.2) is 0 Å². The van der Waals surface area contributed by atoms with Gasteiger partial charge in [-0.05, 0) is 50.4 Å². The lowest BCUT2D eigenvalue weighted by Crippen LogP contribution is -2.58. The van der Waals surface area contributed by atoms with Gasteiger partial charge in [0.05, 0.1) is 18.8 Å². The van der Waals surface area contributed by atoms with Crippen LogP contribution in [0.5, 0.6) is 0 Å². The number of hydrogen-bond acceptors (Lipinski definition) is 3. The van der Waals surface area contributed by atoms with Crippen LogP contribution in [-0.2, 0) is 4.74 Å². The summed E-state index contributed by atoms with van der Waals surface area (Å²) < 4.78 is 5.91. The van der Waals surface area contributed by atoms with E-state index in [0.717, 1.165) is 31.4 Å². The van der Waals surface area contributed by atoms with Crippen LogP contribution in [0.2, 0.25) is 0 Å². The van der Waals surface area contributed by atoms with Gasteiger partial charge in [-0.15, -0.1) is 0 Å². The Hall–Kier alpha value is -0.120. The van der Waals surface area contributed by atoms with Crippen molar-refractivity contribution in [3.63, 3.8) is 0 Å². The van der Waals surface area contributed by atoms with Crippen molar-refractivity contribution in [2.75, 3.05) is 13.2 Å². The first-order valence-corrected chi connectivity index (χ1v) is 8.22. The zero-order valence-corrected chi connectivity index (χ0v) is 12.4. The summed E-state index contributed by atoms with van der Waals surface area (Å²) in [6, 6.07) is 0.968. The third-order valence-corrected chi connectivity index (χ3v) is 5.72. The normalized spacial score (nSPS) is 44.5.